The fourth-order valence-corrected chi connectivity index (χ4v) is 4.67. The maximum absolute atomic E-state index is 13.3. The first kappa shape index (κ1) is 29.1. The first-order valence-electron chi connectivity index (χ1n) is 12.7. The van der Waals surface area contributed by atoms with Gasteiger partial charge in [-0.3, -0.25) is 9.59 Å². The maximum Gasteiger partial charge on any atom is 0.417 e. The topological polar surface area (TPSA) is 127 Å². The van der Waals surface area contributed by atoms with Crippen LogP contribution in [0.4, 0.5) is 4.79 Å². The predicted octanol–water partition coefficient (Wildman–Crippen LogP) is 3.26. The summed E-state index contributed by atoms with van der Waals surface area (Å²) in [6.45, 7) is 7.94. The van der Waals surface area contributed by atoms with Gasteiger partial charge in [0.2, 0.25) is 0 Å². The highest BCUT2D eigenvalue weighted by molar-refractivity contribution is 7.99. The number of nitrogens with zero attached hydrogens (tertiary/aromatic N) is 2. The summed E-state index contributed by atoms with van der Waals surface area (Å²) >= 11 is 1.58. The minimum atomic E-state index is -1.25. The third-order valence-electron chi connectivity index (χ3n) is 5.57. The maximum atomic E-state index is 13.3. The number of piperazine rings is 1. The second-order valence-corrected chi connectivity index (χ2v) is 10.5. The van der Waals surface area contributed by atoms with E-state index in [4.69, 9.17) is 9.47 Å². The number of benzene rings is 1. The van der Waals surface area contributed by atoms with Crippen molar-refractivity contribution in [2.45, 2.75) is 49.8 Å². The van der Waals surface area contributed by atoms with Gasteiger partial charge >= 0.3 is 18.0 Å². The van der Waals surface area contributed by atoms with Gasteiger partial charge in [-0.15, -0.1) is 11.8 Å². The Hall–Kier alpha value is -3.44. The van der Waals surface area contributed by atoms with Crippen molar-refractivity contribution < 1.29 is 28.7 Å². The molecule has 1 unspecified atom stereocenters. The third kappa shape index (κ3) is 8.84. The van der Waals surface area contributed by atoms with E-state index in [1.165, 1.54) is 4.90 Å². The van der Waals surface area contributed by atoms with Crippen molar-refractivity contribution in [2.24, 2.45) is 0 Å². The van der Waals surface area contributed by atoms with Crippen molar-refractivity contribution in [3.05, 3.63) is 48.2 Å². The van der Waals surface area contributed by atoms with Crippen LogP contribution in [0.1, 0.15) is 44.1 Å². The predicted molar refractivity (Wildman–Crippen MR) is 144 cm³/mol. The Morgan fingerprint density at radius 3 is 2.47 bits per heavy atom. The number of carbonyl (C=O) groups excluding carboxylic acids is 4. The molecule has 2 aromatic rings. The zero-order chi connectivity index (χ0) is 27.5. The van der Waals surface area contributed by atoms with Crippen molar-refractivity contribution in [1.29, 1.82) is 0 Å². The Morgan fingerprint density at radius 1 is 1.11 bits per heavy atom. The lowest BCUT2D eigenvalue weighted by atomic mass is 10.1. The van der Waals surface area contributed by atoms with E-state index in [-0.39, 0.29) is 30.4 Å². The standard InChI is InChI=1S/C27H34N4O6S/c1-4-36-24(32)11-10-21(26(34)37-27(35)31-14-12-28-13-15-31)30-25(33)23-17-20(38-18(2)3)16-22(29-23)19-8-6-5-7-9-19/h5-9,16-18,21,28H,4,10-15H2,1-3H3,(H,30,33). The minimum absolute atomic E-state index is 0.0930. The smallest absolute Gasteiger partial charge is 0.417 e. The summed E-state index contributed by atoms with van der Waals surface area (Å²) in [6, 6.07) is 11.8. The molecule has 2 N–H and O–H groups in total. The molecule has 38 heavy (non-hydrogen) atoms. The summed E-state index contributed by atoms with van der Waals surface area (Å²) in [5.74, 6) is -2.08. The monoisotopic (exact) mass is 542 g/mol. The molecule has 1 fully saturated rings. The van der Waals surface area contributed by atoms with Crippen molar-refractivity contribution in [3.63, 3.8) is 0 Å². The lowest BCUT2D eigenvalue weighted by molar-refractivity contribution is -0.144. The van der Waals surface area contributed by atoms with E-state index in [1.807, 2.05) is 50.2 Å². The fourth-order valence-electron chi connectivity index (χ4n) is 3.76. The summed E-state index contributed by atoms with van der Waals surface area (Å²) < 4.78 is 10.0. The molecule has 1 aromatic heterocycles. The Bertz CT molecular complexity index is 1120. The second-order valence-electron chi connectivity index (χ2n) is 8.90. The molecule has 1 saturated heterocycles. The van der Waals surface area contributed by atoms with Gasteiger partial charge in [0.25, 0.3) is 5.91 Å². The first-order valence-corrected chi connectivity index (χ1v) is 13.6. The molecular weight excluding hydrogens is 508 g/mol. The molecule has 2 heterocycles. The SMILES string of the molecule is CCOC(=O)CCC(NC(=O)c1cc(SC(C)C)cc(-c2ccccc2)n1)C(=O)OC(=O)N1CCNCC1. The van der Waals surface area contributed by atoms with Crippen LogP contribution in [0.3, 0.4) is 0 Å². The molecular formula is C27H34N4O6S. The Balaban J connectivity index is 1.81. The van der Waals surface area contributed by atoms with Gasteiger partial charge in [-0.05, 0) is 25.5 Å². The second kappa shape index (κ2) is 14.5. The van der Waals surface area contributed by atoms with E-state index in [0.717, 1.165) is 10.5 Å². The summed E-state index contributed by atoms with van der Waals surface area (Å²) in [5, 5.41) is 6.00. The molecule has 204 valence electrons. The summed E-state index contributed by atoms with van der Waals surface area (Å²) in [6.07, 6.45) is -1.02. The lowest BCUT2D eigenvalue weighted by Gasteiger charge is -2.26. The fraction of sp³-hybridized carbons (Fsp3) is 0.444. The molecule has 0 bridgehead atoms. The Morgan fingerprint density at radius 2 is 1.82 bits per heavy atom. The number of hydrogen-bond donors (Lipinski definition) is 2. The van der Waals surface area contributed by atoms with Gasteiger partial charge in [-0.1, -0.05) is 44.2 Å². The van der Waals surface area contributed by atoms with Gasteiger partial charge in [0.15, 0.2) is 0 Å². The van der Waals surface area contributed by atoms with Crippen molar-refractivity contribution in [1.82, 2.24) is 20.5 Å². The number of nitrogens with one attached hydrogen (secondary N) is 2. The van der Waals surface area contributed by atoms with Crippen LogP contribution in [-0.2, 0) is 19.1 Å². The van der Waals surface area contributed by atoms with E-state index in [9.17, 15) is 19.2 Å². The molecule has 1 atom stereocenters. The van der Waals surface area contributed by atoms with Crippen LogP contribution in [0.15, 0.2) is 47.4 Å². The van der Waals surface area contributed by atoms with Gasteiger partial charge in [0.1, 0.15) is 11.7 Å². The number of thioether (sulfide) groups is 1. The van der Waals surface area contributed by atoms with E-state index in [1.54, 1.807) is 24.8 Å². The number of esters is 2. The molecule has 0 spiro atoms. The zero-order valence-electron chi connectivity index (χ0n) is 21.9. The zero-order valence-corrected chi connectivity index (χ0v) is 22.7. The molecule has 0 saturated carbocycles. The molecule has 1 aliphatic heterocycles. The van der Waals surface area contributed by atoms with E-state index in [2.05, 4.69) is 15.6 Å². The highest BCUT2D eigenvalue weighted by Gasteiger charge is 2.29. The van der Waals surface area contributed by atoms with Gasteiger partial charge in [-0.25, -0.2) is 14.6 Å². The highest BCUT2D eigenvalue weighted by atomic mass is 32.2. The molecule has 1 aromatic carbocycles. The van der Waals surface area contributed by atoms with E-state index in [0.29, 0.717) is 31.9 Å². The van der Waals surface area contributed by atoms with Gasteiger partial charge in [0.05, 0.1) is 12.3 Å². The number of aromatic nitrogens is 1. The van der Waals surface area contributed by atoms with E-state index < -0.39 is 30.0 Å². The molecule has 10 nitrogen and oxygen atoms in total. The Kier molecular flexibility index (Phi) is 11.1. The average Bonchev–Trinajstić information content (AvgIpc) is 2.91. The minimum Gasteiger partial charge on any atom is -0.466 e. The number of carbonyl (C=O) groups is 4. The summed E-state index contributed by atoms with van der Waals surface area (Å²) in [5.41, 5.74) is 1.56. The quantitative estimate of drug-likeness (QED) is 0.264. The lowest BCUT2D eigenvalue weighted by Crippen LogP contribution is -2.49. The van der Waals surface area contributed by atoms with Gasteiger partial charge < -0.3 is 25.0 Å². The summed E-state index contributed by atoms with van der Waals surface area (Å²) in [7, 11) is 0. The largest absolute Gasteiger partial charge is 0.466 e. The van der Waals surface area contributed by atoms with Crippen LogP contribution in [-0.4, -0.2) is 77.9 Å². The Labute approximate surface area is 226 Å². The molecule has 2 amide bonds. The normalized spacial score (nSPS) is 14.1. The van der Waals surface area contributed by atoms with Crippen LogP contribution >= 0.6 is 11.8 Å². The molecule has 0 radical (unpaired) electrons. The van der Waals surface area contributed by atoms with Crippen LogP contribution in [0, 0.1) is 0 Å². The van der Waals surface area contributed by atoms with Crippen LogP contribution in [0.5, 0.6) is 0 Å². The number of hydrogen-bond acceptors (Lipinski definition) is 9. The van der Waals surface area contributed by atoms with Gasteiger partial charge in [0, 0.05) is 48.3 Å². The summed E-state index contributed by atoms with van der Waals surface area (Å²) in [4.78, 5) is 57.5. The van der Waals surface area contributed by atoms with Crippen molar-refractivity contribution in [2.75, 3.05) is 32.8 Å². The number of rotatable bonds is 10. The molecule has 0 aliphatic carbocycles. The van der Waals surface area contributed by atoms with Gasteiger partial charge in [-0.2, -0.15) is 0 Å². The first-order chi connectivity index (χ1) is 18.3. The number of pyridine rings is 1. The number of ether oxygens (including phenoxy) is 2. The molecule has 1 aliphatic rings. The van der Waals surface area contributed by atoms with E-state index >= 15 is 0 Å². The van der Waals surface area contributed by atoms with Crippen molar-refractivity contribution in [3.8, 4) is 11.3 Å². The highest BCUT2D eigenvalue weighted by Crippen LogP contribution is 2.28. The van der Waals surface area contributed by atoms with Crippen LogP contribution in [0.25, 0.3) is 11.3 Å². The third-order valence-corrected chi connectivity index (χ3v) is 6.55. The van der Waals surface area contributed by atoms with Crippen LogP contribution in [0.2, 0.25) is 0 Å². The van der Waals surface area contributed by atoms with Crippen LogP contribution < -0.4 is 10.6 Å². The number of amides is 2. The molecule has 3 rings (SSSR count). The van der Waals surface area contributed by atoms with Crippen molar-refractivity contribution >= 4 is 35.7 Å². The average molecular weight is 543 g/mol. The molecule has 11 heteroatoms.